The number of nitrogens with one attached hydrogen (secondary N) is 1. The van der Waals surface area contributed by atoms with E-state index in [2.05, 4.69) is 10.5 Å². The number of hydrogen-bond acceptors (Lipinski definition) is 4. The van der Waals surface area contributed by atoms with Crippen LogP contribution in [0, 0.1) is 6.92 Å². The molecule has 2 aromatic rings. The van der Waals surface area contributed by atoms with Gasteiger partial charge in [0.2, 0.25) is 5.91 Å². The number of nitrogens with zero attached hydrogens (tertiary/aromatic N) is 2. The zero-order valence-electron chi connectivity index (χ0n) is 13.2. The predicted molar refractivity (Wildman–Crippen MR) is 84.2 cm³/mol. The number of nitrogens with two attached hydrogens (primary N) is 1. The molecule has 0 aliphatic carbocycles. The molecule has 1 aromatic carbocycles. The van der Waals surface area contributed by atoms with Gasteiger partial charge >= 0.3 is 6.03 Å². The molecule has 1 atom stereocenters. The van der Waals surface area contributed by atoms with E-state index in [1.165, 1.54) is 4.90 Å². The van der Waals surface area contributed by atoms with Crippen LogP contribution in [-0.4, -0.2) is 29.0 Å². The summed E-state index contributed by atoms with van der Waals surface area (Å²) in [5.41, 5.74) is 6.71. The minimum Gasteiger partial charge on any atom is -0.361 e. The summed E-state index contributed by atoms with van der Waals surface area (Å²) in [5, 5.41) is 6.47. The first kappa shape index (κ1) is 16.5. The molecule has 0 spiro atoms. The van der Waals surface area contributed by atoms with Crippen LogP contribution < -0.4 is 11.1 Å². The van der Waals surface area contributed by atoms with E-state index in [4.69, 9.17) is 10.3 Å². The van der Waals surface area contributed by atoms with Gasteiger partial charge in [-0.1, -0.05) is 35.5 Å². The second-order valence-corrected chi connectivity index (χ2v) is 5.35. The van der Waals surface area contributed by atoms with Crippen LogP contribution in [0.4, 0.5) is 4.79 Å². The Kier molecular flexibility index (Phi) is 5.35. The van der Waals surface area contributed by atoms with E-state index in [-0.39, 0.29) is 12.3 Å². The second-order valence-electron chi connectivity index (χ2n) is 5.35. The van der Waals surface area contributed by atoms with Crippen LogP contribution in [0.3, 0.4) is 0 Å². The number of hydrogen-bond donors (Lipinski definition) is 2. The number of rotatable bonds is 6. The van der Waals surface area contributed by atoms with Crippen molar-refractivity contribution < 1.29 is 14.1 Å². The first-order valence-electron chi connectivity index (χ1n) is 7.23. The molecule has 3 amide bonds. The van der Waals surface area contributed by atoms with Gasteiger partial charge in [0.25, 0.3) is 0 Å². The third-order valence-corrected chi connectivity index (χ3v) is 3.40. The summed E-state index contributed by atoms with van der Waals surface area (Å²) >= 11 is 0. The highest BCUT2D eigenvalue weighted by Crippen LogP contribution is 2.18. The van der Waals surface area contributed by atoms with Gasteiger partial charge in [-0.25, -0.2) is 4.79 Å². The lowest BCUT2D eigenvalue weighted by molar-refractivity contribution is -0.131. The van der Waals surface area contributed by atoms with Gasteiger partial charge in [-0.3, -0.25) is 4.79 Å². The van der Waals surface area contributed by atoms with Crippen LogP contribution in [0.2, 0.25) is 0 Å². The van der Waals surface area contributed by atoms with Crippen LogP contribution in [0.5, 0.6) is 0 Å². The van der Waals surface area contributed by atoms with Crippen LogP contribution in [0.1, 0.15) is 29.5 Å². The molecule has 122 valence electrons. The molecule has 2 rings (SSSR count). The van der Waals surface area contributed by atoms with Crippen molar-refractivity contribution in [1.82, 2.24) is 15.4 Å². The van der Waals surface area contributed by atoms with Gasteiger partial charge in [-0.05, 0) is 12.5 Å². The fraction of sp³-hybridized carbons (Fsp3) is 0.312. The largest absolute Gasteiger partial charge is 0.361 e. The summed E-state index contributed by atoms with van der Waals surface area (Å²) in [6.45, 7) is 2.13. The Bertz CT molecular complexity index is 669. The molecule has 0 saturated heterocycles. The molecule has 0 unspecified atom stereocenters. The Hall–Kier alpha value is -2.83. The lowest BCUT2D eigenvalue weighted by Gasteiger charge is -2.21. The van der Waals surface area contributed by atoms with E-state index < -0.39 is 12.1 Å². The topological polar surface area (TPSA) is 101 Å². The van der Waals surface area contributed by atoms with Crippen molar-refractivity contribution in [2.45, 2.75) is 25.9 Å². The van der Waals surface area contributed by atoms with Gasteiger partial charge in [0.05, 0.1) is 19.0 Å². The molecule has 0 aliphatic rings. The lowest BCUT2D eigenvalue weighted by Crippen LogP contribution is -2.37. The van der Waals surface area contributed by atoms with E-state index >= 15 is 0 Å². The van der Waals surface area contributed by atoms with E-state index in [0.29, 0.717) is 18.0 Å². The highest BCUT2D eigenvalue weighted by Gasteiger charge is 2.20. The Morgan fingerprint density at radius 3 is 2.61 bits per heavy atom. The first-order chi connectivity index (χ1) is 11.0. The van der Waals surface area contributed by atoms with Crippen molar-refractivity contribution in [2.24, 2.45) is 5.73 Å². The molecule has 0 aliphatic heterocycles. The average Bonchev–Trinajstić information content (AvgIpc) is 2.92. The predicted octanol–water partition coefficient (Wildman–Crippen LogP) is 1.74. The molecule has 7 nitrogen and oxygen atoms in total. The monoisotopic (exact) mass is 316 g/mol. The summed E-state index contributed by atoms with van der Waals surface area (Å²) < 4.78 is 4.99. The lowest BCUT2D eigenvalue weighted by atomic mass is 10.0. The Morgan fingerprint density at radius 2 is 2.04 bits per heavy atom. The Morgan fingerprint density at radius 1 is 1.35 bits per heavy atom. The fourth-order valence-electron chi connectivity index (χ4n) is 2.26. The first-order valence-corrected chi connectivity index (χ1v) is 7.23. The molecule has 0 bridgehead atoms. The van der Waals surface area contributed by atoms with E-state index in [9.17, 15) is 9.59 Å². The summed E-state index contributed by atoms with van der Waals surface area (Å²) in [6, 6.07) is 9.88. The number of urea groups is 1. The van der Waals surface area contributed by atoms with Crippen LogP contribution in [-0.2, 0) is 11.3 Å². The summed E-state index contributed by atoms with van der Waals surface area (Å²) in [4.78, 5) is 25.1. The summed E-state index contributed by atoms with van der Waals surface area (Å²) in [7, 11) is 1.68. The standard InChI is InChI=1S/C16H20N4O3/c1-11-8-13(19-23-11)10-20(2)15(21)9-14(18-16(17)22)12-6-4-3-5-7-12/h3-8,14H,9-10H2,1-2H3,(H3,17,18,22)/t14-/m1/s1. The molecule has 7 heteroatoms. The normalized spacial score (nSPS) is 11.7. The van der Waals surface area contributed by atoms with Crippen LogP contribution in [0.15, 0.2) is 40.9 Å². The smallest absolute Gasteiger partial charge is 0.312 e. The minimum absolute atomic E-state index is 0.111. The van der Waals surface area contributed by atoms with Crippen molar-refractivity contribution in [3.05, 3.63) is 53.4 Å². The highest BCUT2D eigenvalue weighted by molar-refractivity contribution is 5.78. The Balaban J connectivity index is 2.03. The number of primary amides is 1. The summed E-state index contributed by atoms with van der Waals surface area (Å²) in [6.07, 6.45) is 0.111. The number of amides is 3. The van der Waals surface area contributed by atoms with Crippen molar-refractivity contribution >= 4 is 11.9 Å². The van der Waals surface area contributed by atoms with Gasteiger partial charge in [0.1, 0.15) is 11.5 Å². The van der Waals surface area contributed by atoms with Crippen molar-refractivity contribution in [3.63, 3.8) is 0 Å². The zero-order valence-corrected chi connectivity index (χ0v) is 13.2. The maximum atomic E-state index is 12.4. The molecule has 1 heterocycles. The van der Waals surface area contributed by atoms with Crippen molar-refractivity contribution in [2.75, 3.05) is 7.05 Å². The quantitative estimate of drug-likeness (QED) is 0.847. The van der Waals surface area contributed by atoms with Crippen LogP contribution >= 0.6 is 0 Å². The van der Waals surface area contributed by atoms with Gasteiger partial charge in [0.15, 0.2) is 0 Å². The third kappa shape index (κ3) is 4.84. The van der Waals surface area contributed by atoms with Gasteiger partial charge < -0.3 is 20.5 Å². The van der Waals surface area contributed by atoms with E-state index in [1.807, 2.05) is 30.3 Å². The third-order valence-electron chi connectivity index (χ3n) is 3.40. The van der Waals surface area contributed by atoms with Gasteiger partial charge in [-0.2, -0.15) is 0 Å². The van der Waals surface area contributed by atoms with Crippen molar-refractivity contribution in [3.8, 4) is 0 Å². The number of aromatic nitrogens is 1. The second kappa shape index (κ2) is 7.44. The molecular weight excluding hydrogens is 296 g/mol. The van der Waals surface area contributed by atoms with Gasteiger partial charge in [0, 0.05) is 13.1 Å². The number of carbonyl (C=O) groups excluding carboxylic acids is 2. The van der Waals surface area contributed by atoms with E-state index in [1.54, 1.807) is 20.0 Å². The number of carbonyl (C=O) groups is 2. The molecular formula is C16H20N4O3. The van der Waals surface area contributed by atoms with Crippen molar-refractivity contribution in [1.29, 1.82) is 0 Å². The van der Waals surface area contributed by atoms with Gasteiger partial charge in [-0.15, -0.1) is 0 Å². The molecule has 1 aromatic heterocycles. The SMILES string of the molecule is Cc1cc(CN(C)C(=O)C[C@@H](NC(N)=O)c2ccccc2)no1. The average molecular weight is 316 g/mol. The minimum atomic E-state index is -0.665. The Labute approximate surface area is 134 Å². The number of benzene rings is 1. The van der Waals surface area contributed by atoms with Crippen LogP contribution in [0.25, 0.3) is 0 Å². The molecule has 3 N–H and O–H groups in total. The number of aryl methyl sites for hydroxylation is 1. The maximum Gasteiger partial charge on any atom is 0.312 e. The fourth-order valence-corrected chi connectivity index (χ4v) is 2.26. The highest BCUT2D eigenvalue weighted by atomic mass is 16.5. The molecule has 0 fully saturated rings. The summed E-state index contributed by atoms with van der Waals surface area (Å²) in [5.74, 6) is 0.562. The maximum absolute atomic E-state index is 12.4. The van der Waals surface area contributed by atoms with E-state index in [0.717, 1.165) is 5.56 Å². The molecule has 0 saturated carbocycles. The molecule has 0 radical (unpaired) electrons. The molecule has 23 heavy (non-hydrogen) atoms. The zero-order chi connectivity index (χ0) is 16.8.